The van der Waals surface area contributed by atoms with Gasteiger partial charge in [0.15, 0.2) is 0 Å². The molecule has 0 radical (unpaired) electrons. The van der Waals surface area contributed by atoms with Crippen molar-refractivity contribution in [3.05, 3.63) is 12.2 Å². The van der Waals surface area contributed by atoms with E-state index in [1.165, 1.54) is 0 Å². The summed E-state index contributed by atoms with van der Waals surface area (Å²) in [7, 11) is 0. The molecule has 0 bridgehead atoms. The van der Waals surface area contributed by atoms with Crippen molar-refractivity contribution in [1.29, 1.82) is 0 Å². The fourth-order valence-corrected chi connectivity index (χ4v) is 5.49. The van der Waals surface area contributed by atoms with Crippen molar-refractivity contribution in [2.75, 3.05) is 0 Å². The highest BCUT2D eigenvalue weighted by molar-refractivity contribution is 5.36. The Balaban J connectivity index is 2.16. The van der Waals surface area contributed by atoms with Crippen molar-refractivity contribution in [2.45, 2.75) is 57.8 Å². The average Bonchev–Trinajstić information content (AvgIpc) is 2.72. The Morgan fingerprint density at radius 3 is 2.39 bits per heavy atom. The van der Waals surface area contributed by atoms with Gasteiger partial charge in [-0.2, -0.15) is 0 Å². The van der Waals surface area contributed by atoms with Gasteiger partial charge in [0.25, 0.3) is 0 Å². The van der Waals surface area contributed by atoms with Gasteiger partial charge in [0, 0.05) is 17.3 Å². The van der Waals surface area contributed by atoms with E-state index in [1.807, 2.05) is 0 Å². The molecule has 3 heteroatoms. The molecular weight excluding hydrogens is 228 g/mol. The summed E-state index contributed by atoms with van der Waals surface area (Å²) in [5.74, 6) is -0.267. The molecule has 6 atom stereocenters. The fraction of sp³-hybridized carbons (Fsp3) is 0.867. The van der Waals surface area contributed by atoms with Crippen molar-refractivity contribution in [1.82, 2.24) is 0 Å². The molecule has 0 saturated heterocycles. The maximum atomic E-state index is 11.2. The Morgan fingerprint density at radius 1 is 1.17 bits per heavy atom. The van der Waals surface area contributed by atoms with E-state index in [9.17, 15) is 15.3 Å². The van der Waals surface area contributed by atoms with Gasteiger partial charge < -0.3 is 15.3 Å². The van der Waals surface area contributed by atoms with Gasteiger partial charge in [-0.05, 0) is 30.3 Å². The van der Waals surface area contributed by atoms with Crippen molar-refractivity contribution in [3.63, 3.8) is 0 Å². The van der Waals surface area contributed by atoms with Crippen LogP contribution in [-0.4, -0.2) is 33.1 Å². The molecule has 3 saturated carbocycles. The lowest BCUT2D eigenvalue weighted by molar-refractivity contribution is -0.0403. The van der Waals surface area contributed by atoms with Gasteiger partial charge in [0.05, 0.1) is 17.8 Å². The number of aliphatic hydroxyl groups excluding tert-OH is 2. The van der Waals surface area contributed by atoms with E-state index >= 15 is 0 Å². The zero-order valence-electron chi connectivity index (χ0n) is 11.5. The second kappa shape index (κ2) is 3.20. The maximum absolute atomic E-state index is 11.2. The quantitative estimate of drug-likeness (QED) is 0.572. The van der Waals surface area contributed by atoms with Crippen LogP contribution in [0.2, 0.25) is 0 Å². The SMILES string of the molecule is C=C1[C@@H](O)C[C@@H]2[C@H](O)[C@]3(C)CCC(C)(C)[C@@H]3[C@@]12O. The lowest BCUT2D eigenvalue weighted by Gasteiger charge is -2.41. The predicted molar refractivity (Wildman–Crippen MR) is 68.8 cm³/mol. The fourth-order valence-electron chi connectivity index (χ4n) is 5.49. The summed E-state index contributed by atoms with van der Waals surface area (Å²) in [6.45, 7) is 10.3. The molecule has 3 aliphatic carbocycles. The van der Waals surface area contributed by atoms with Crippen LogP contribution in [0.3, 0.4) is 0 Å². The Morgan fingerprint density at radius 2 is 1.78 bits per heavy atom. The first kappa shape index (κ1) is 12.6. The molecule has 3 fully saturated rings. The molecule has 3 N–H and O–H groups in total. The molecule has 0 unspecified atom stereocenters. The Hall–Kier alpha value is -0.380. The Kier molecular flexibility index (Phi) is 2.24. The Bertz CT molecular complexity index is 416. The third-order valence-corrected chi connectivity index (χ3v) is 6.20. The molecule has 0 aromatic carbocycles. The minimum Gasteiger partial charge on any atom is -0.392 e. The van der Waals surface area contributed by atoms with Crippen molar-refractivity contribution in [3.8, 4) is 0 Å². The number of aliphatic hydroxyl groups is 3. The second-order valence-corrected chi connectivity index (χ2v) is 7.58. The van der Waals surface area contributed by atoms with E-state index in [1.54, 1.807) is 0 Å². The molecule has 18 heavy (non-hydrogen) atoms. The van der Waals surface area contributed by atoms with Crippen molar-refractivity contribution < 1.29 is 15.3 Å². The van der Waals surface area contributed by atoms with Crippen molar-refractivity contribution >= 4 is 0 Å². The van der Waals surface area contributed by atoms with Gasteiger partial charge in [-0.15, -0.1) is 0 Å². The summed E-state index contributed by atoms with van der Waals surface area (Å²) in [4.78, 5) is 0. The molecule has 3 aliphatic rings. The van der Waals surface area contributed by atoms with Crippen LogP contribution >= 0.6 is 0 Å². The van der Waals surface area contributed by atoms with E-state index < -0.39 is 17.8 Å². The molecule has 3 rings (SSSR count). The number of hydrogen-bond acceptors (Lipinski definition) is 3. The number of hydrogen-bond donors (Lipinski definition) is 3. The van der Waals surface area contributed by atoms with E-state index in [0.717, 1.165) is 12.8 Å². The molecule has 0 heterocycles. The van der Waals surface area contributed by atoms with E-state index in [-0.39, 0.29) is 22.7 Å². The van der Waals surface area contributed by atoms with Crippen LogP contribution in [0, 0.1) is 22.7 Å². The standard InChI is InChI=1S/C15H24O3/c1-8-10(16)7-9-11(17)14(4)6-5-13(2,3)12(14)15(8,9)18/h9-12,16-18H,1,5-7H2,2-4H3/t9-,10+,11+,12+,14+,15-/m1/s1. The van der Waals surface area contributed by atoms with Gasteiger partial charge in [-0.25, -0.2) is 0 Å². The number of fused-ring (bicyclic) bond motifs is 3. The molecule has 3 nitrogen and oxygen atoms in total. The van der Waals surface area contributed by atoms with Crippen LogP contribution in [0.5, 0.6) is 0 Å². The summed E-state index contributed by atoms with van der Waals surface area (Å²) in [5, 5.41) is 31.8. The Labute approximate surface area is 109 Å². The first-order chi connectivity index (χ1) is 8.15. The van der Waals surface area contributed by atoms with Crippen LogP contribution in [0.4, 0.5) is 0 Å². The van der Waals surface area contributed by atoms with Crippen LogP contribution in [0.1, 0.15) is 40.0 Å². The van der Waals surface area contributed by atoms with Crippen molar-refractivity contribution in [2.24, 2.45) is 22.7 Å². The second-order valence-electron chi connectivity index (χ2n) is 7.58. The minimum absolute atomic E-state index is 0.0119. The highest BCUT2D eigenvalue weighted by Gasteiger charge is 2.74. The third-order valence-electron chi connectivity index (χ3n) is 6.20. The molecule has 0 aromatic rings. The lowest BCUT2D eigenvalue weighted by atomic mass is 9.66. The topological polar surface area (TPSA) is 60.7 Å². The molecule has 0 spiro atoms. The molecular formula is C15H24O3. The molecule has 102 valence electrons. The zero-order valence-corrected chi connectivity index (χ0v) is 11.5. The van der Waals surface area contributed by atoms with Crippen LogP contribution in [0.25, 0.3) is 0 Å². The first-order valence-electron chi connectivity index (χ1n) is 6.93. The van der Waals surface area contributed by atoms with Crippen LogP contribution in [0.15, 0.2) is 12.2 Å². The number of rotatable bonds is 0. The van der Waals surface area contributed by atoms with Gasteiger partial charge in [0.2, 0.25) is 0 Å². The highest BCUT2D eigenvalue weighted by atomic mass is 16.3. The lowest BCUT2D eigenvalue weighted by Crippen LogP contribution is -2.46. The summed E-state index contributed by atoms with van der Waals surface area (Å²) >= 11 is 0. The van der Waals surface area contributed by atoms with Gasteiger partial charge in [-0.3, -0.25) is 0 Å². The highest BCUT2D eigenvalue weighted by Crippen LogP contribution is 2.71. The largest absolute Gasteiger partial charge is 0.392 e. The van der Waals surface area contributed by atoms with E-state index in [0.29, 0.717) is 12.0 Å². The predicted octanol–water partition coefficient (Wildman–Crippen LogP) is 1.47. The summed E-state index contributed by atoms with van der Waals surface area (Å²) in [5.41, 5.74) is -0.832. The normalized spacial score (nSPS) is 57.8. The van der Waals surface area contributed by atoms with E-state index in [2.05, 4.69) is 27.4 Å². The van der Waals surface area contributed by atoms with Crippen LogP contribution in [-0.2, 0) is 0 Å². The van der Waals surface area contributed by atoms with Gasteiger partial charge in [-0.1, -0.05) is 27.4 Å². The monoisotopic (exact) mass is 252 g/mol. The summed E-state index contributed by atoms with van der Waals surface area (Å²) in [6.07, 6.45) is 1.18. The maximum Gasteiger partial charge on any atom is 0.0972 e. The van der Waals surface area contributed by atoms with Gasteiger partial charge >= 0.3 is 0 Å². The first-order valence-corrected chi connectivity index (χ1v) is 6.93. The minimum atomic E-state index is -1.09. The average molecular weight is 252 g/mol. The summed E-state index contributed by atoms with van der Waals surface area (Å²) < 4.78 is 0. The zero-order chi connectivity index (χ0) is 13.5. The molecule has 0 aromatic heterocycles. The van der Waals surface area contributed by atoms with E-state index in [4.69, 9.17) is 0 Å². The van der Waals surface area contributed by atoms with Gasteiger partial charge in [0.1, 0.15) is 0 Å². The third kappa shape index (κ3) is 1.12. The summed E-state index contributed by atoms with van der Waals surface area (Å²) in [6, 6.07) is 0. The molecule has 0 amide bonds. The molecule has 0 aliphatic heterocycles. The smallest absolute Gasteiger partial charge is 0.0972 e. The van der Waals surface area contributed by atoms with Crippen LogP contribution < -0.4 is 0 Å².